The Morgan fingerprint density at radius 2 is 0.774 bits per heavy atom. The number of fused-ring (bicyclic) bond motifs is 7. The average Bonchev–Trinajstić information content (AvgIpc) is 3.72. The molecule has 0 saturated heterocycles. The van der Waals surface area contributed by atoms with Crippen molar-refractivity contribution >= 4 is 80.9 Å². The van der Waals surface area contributed by atoms with Crippen LogP contribution in [-0.4, -0.2) is 0 Å². The van der Waals surface area contributed by atoms with Gasteiger partial charge >= 0.3 is 0 Å². The molecule has 0 aliphatic carbocycles. The van der Waals surface area contributed by atoms with E-state index in [1.54, 1.807) is 0 Å². The molecule has 0 aliphatic heterocycles. The Hall–Kier alpha value is -7.78. The summed E-state index contributed by atoms with van der Waals surface area (Å²) in [5.41, 5.74) is 13.1. The minimum atomic E-state index is 1.10. The maximum atomic E-state index is 2.44. The molecule has 12 aromatic rings. The molecule has 0 atom stereocenters. The van der Waals surface area contributed by atoms with Gasteiger partial charge in [-0.15, -0.1) is 11.3 Å². The molecule has 11 aromatic carbocycles. The first-order valence-electron chi connectivity index (χ1n) is 21.3. The fourth-order valence-corrected chi connectivity index (χ4v) is 10.7. The Balaban J connectivity index is 1.04. The molecule has 0 N–H and O–H groups in total. The van der Waals surface area contributed by atoms with Crippen LogP contribution in [0.2, 0.25) is 0 Å². The van der Waals surface area contributed by atoms with Crippen LogP contribution in [0.25, 0.3) is 97.0 Å². The van der Waals surface area contributed by atoms with E-state index in [0.29, 0.717) is 0 Å². The van der Waals surface area contributed by atoms with E-state index in [9.17, 15) is 0 Å². The van der Waals surface area contributed by atoms with Crippen LogP contribution in [0.5, 0.6) is 0 Å². The highest BCUT2D eigenvalue weighted by Gasteiger charge is 2.21. The summed E-state index contributed by atoms with van der Waals surface area (Å²) >= 11 is 1.86. The van der Waals surface area contributed by atoms with Gasteiger partial charge in [-0.3, -0.25) is 0 Å². The van der Waals surface area contributed by atoms with Gasteiger partial charge in [0.05, 0.1) is 5.69 Å². The SMILES string of the molecule is c1ccc(-c2ccc(N(c3ccc(-c4ccc5c(c4)c(-c4ccccc4)c(-c4ccccc4)c4ccccc45)cc3)c3ccc4sc5ccccc5c4c3)c3ccccc23)cc1. The summed E-state index contributed by atoms with van der Waals surface area (Å²) in [4.78, 5) is 2.44. The van der Waals surface area contributed by atoms with Crippen LogP contribution in [0.3, 0.4) is 0 Å². The summed E-state index contributed by atoms with van der Waals surface area (Å²) in [5.74, 6) is 0. The van der Waals surface area contributed by atoms with Crippen molar-refractivity contribution in [1.29, 1.82) is 0 Å². The van der Waals surface area contributed by atoms with E-state index in [1.165, 1.54) is 97.0 Å². The molecule has 0 bridgehead atoms. The molecule has 0 spiro atoms. The second kappa shape index (κ2) is 15.0. The fraction of sp³-hybridized carbons (Fsp3) is 0. The van der Waals surface area contributed by atoms with Crippen LogP contribution in [-0.2, 0) is 0 Å². The molecule has 0 aliphatic rings. The topological polar surface area (TPSA) is 3.24 Å². The van der Waals surface area contributed by atoms with Crippen LogP contribution in [0.15, 0.2) is 237 Å². The maximum Gasteiger partial charge on any atom is 0.0540 e. The van der Waals surface area contributed by atoms with Crippen molar-refractivity contribution in [3.8, 4) is 44.5 Å². The first-order valence-corrected chi connectivity index (χ1v) is 22.1. The van der Waals surface area contributed by atoms with E-state index < -0.39 is 0 Å². The molecule has 1 heterocycles. The molecule has 1 aromatic heterocycles. The monoisotopic (exact) mass is 805 g/mol. The molecule has 0 fully saturated rings. The summed E-state index contributed by atoms with van der Waals surface area (Å²) in [7, 11) is 0. The van der Waals surface area contributed by atoms with Gasteiger partial charge in [0.2, 0.25) is 0 Å². The maximum absolute atomic E-state index is 2.44. The highest BCUT2D eigenvalue weighted by molar-refractivity contribution is 7.25. The van der Waals surface area contributed by atoms with Crippen LogP contribution in [0.4, 0.5) is 17.1 Å². The van der Waals surface area contributed by atoms with Crippen molar-refractivity contribution in [3.63, 3.8) is 0 Å². The van der Waals surface area contributed by atoms with Gasteiger partial charge < -0.3 is 4.90 Å². The Bertz CT molecular complexity index is 3610. The van der Waals surface area contributed by atoms with Gasteiger partial charge in [-0.05, 0) is 120 Å². The van der Waals surface area contributed by atoms with E-state index in [4.69, 9.17) is 0 Å². The van der Waals surface area contributed by atoms with Gasteiger partial charge in [0.15, 0.2) is 0 Å². The van der Waals surface area contributed by atoms with E-state index in [-0.39, 0.29) is 0 Å². The highest BCUT2D eigenvalue weighted by Crippen LogP contribution is 2.47. The number of anilines is 3. The lowest BCUT2D eigenvalue weighted by Gasteiger charge is -2.28. The highest BCUT2D eigenvalue weighted by atomic mass is 32.1. The largest absolute Gasteiger partial charge is 0.310 e. The zero-order chi connectivity index (χ0) is 41.0. The predicted molar refractivity (Wildman–Crippen MR) is 268 cm³/mol. The van der Waals surface area contributed by atoms with Gasteiger partial charge in [0, 0.05) is 36.9 Å². The van der Waals surface area contributed by atoms with Crippen molar-refractivity contribution in [1.82, 2.24) is 0 Å². The third kappa shape index (κ3) is 6.07. The quantitative estimate of drug-likeness (QED) is 0.145. The molecule has 1 nitrogen and oxygen atoms in total. The minimum Gasteiger partial charge on any atom is -0.310 e. The van der Waals surface area contributed by atoms with Gasteiger partial charge in [-0.1, -0.05) is 188 Å². The second-order valence-corrected chi connectivity index (χ2v) is 17.1. The summed E-state index contributed by atoms with van der Waals surface area (Å²) in [6.45, 7) is 0. The first kappa shape index (κ1) is 36.1. The molecular weight excluding hydrogens is 767 g/mol. The predicted octanol–water partition coefficient (Wildman–Crippen LogP) is 17.7. The van der Waals surface area contributed by atoms with Gasteiger partial charge in [0.1, 0.15) is 0 Å². The standard InChI is InChI=1S/C60H39NS/c1-4-16-41(17-5-1)47-35-36-56(51-24-12-10-22-48(47)51)61(46-33-37-58-54(39-46)52-25-14-15-27-57(52)62-58)45-31-28-40(29-32-45)44-30-34-50-49-23-11-13-26-53(49)59(42-18-6-2-7-19-42)60(55(50)38-44)43-20-8-3-9-21-43/h1-39H. The van der Waals surface area contributed by atoms with Gasteiger partial charge in [-0.25, -0.2) is 0 Å². The smallest absolute Gasteiger partial charge is 0.0540 e. The molecule has 12 rings (SSSR count). The first-order chi connectivity index (χ1) is 30.8. The number of thiophene rings is 1. The lowest BCUT2D eigenvalue weighted by molar-refractivity contribution is 1.30. The number of hydrogen-bond donors (Lipinski definition) is 0. The third-order valence-electron chi connectivity index (χ3n) is 12.5. The van der Waals surface area contributed by atoms with Gasteiger partial charge in [0.25, 0.3) is 0 Å². The molecule has 2 heteroatoms. The number of rotatable bonds is 7. The van der Waals surface area contributed by atoms with E-state index in [1.807, 2.05) is 11.3 Å². The summed E-state index contributed by atoms with van der Waals surface area (Å²) in [6, 6.07) is 86.7. The molecular formula is C60H39NS. The zero-order valence-corrected chi connectivity index (χ0v) is 34.7. The third-order valence-corrected chi connectivity index (χ3v) is 13.6. The van der Waals surface area contributed by atoms with Crippen LogP contribution >= 0.6 is 11.3 Å². The van der Waals surface area contributed by atoms with Crippen molar-refractivity contribution < 1.29 is 0 Å². The van der Waals surface area contributed by atoms with Crippen LogP contribution in [0, 0.1) is 0 Å². The van der Waals surface area contributed by atoms with Crippen molar-refractivity contribution in [3.05, 3.63) is 237 Å². The Kier molecular flexibility index (Phi) is 8.76. The van der Waals surface area contributed by atoms with E-state index in [2.05, 4.69) is 241 Å². The van der Waals surface area contributed by atoms with Crippen molar-refractivity contribution in [2.45, 2.75) is 0 Å². The molecule has 0 unspecified atom stereocenters. The average molecular weight is 806 g/mol. The molecule has 62 heavy (non-hydrogen) atoms. The summed E-state index contributed by atoms with van der Waals surface area (Å²) in [6.07, 6.45) is 0. The summed E-state index contributed by atoms with van der Waals surface area (Å²) < 4.78 is 2.60. The van der Waals surface area contributed by atoms with Crippen molar-refractivity contribution in [2.75, 3.05) is 4.90 Å². The molecule has 0 saturated carbocycles. The minimum absolute atomic E-state index is 1.10. The number of benzene rings is 11. The lowest BCUT2D eigenvalue weighted by atomic mass is 9.84. The second-order valence-electron chi connectivity index (χ2n) is 16.0. The van der Waals surface area contributed by atoms with E-state index >= 15 is 0 Å². The number of hydrogen-bond acceptors (Lipinski definition) is 2. The molecule has 290 valence electrons. The summed E-state index contributed by atoms with van der Waals surface area (Å²) in [5, 5.41) is 10.0. The molecule has 0 amide bonds. The van der Waals surface area contributed by atoms with Crippen LogP contribution in [0.1, 0.15) is 0 Å². The lowest BCUT2D eigenvalue weighted by Crippen LogP contribution is -2.10. The Morgan fingerprint density at radius 1 is 0.258 bits per heavy atom. The van der Waals surface area contributed by atoms with Crippen LogP contribution < -0.4 is 4.90 Å². The zero-order valence-electron chi connectivity index (χ0n) is 33.9. The Morgan fingerprint density at radius 3 is 1.48 bits per heavy atom. The normalized spacial score (nSPS) is 11.5. The molecule has 0 radical (unpaired) electrons. The van der Waals surface area contributed by atoms with Gasteiger partial charge in [-0.2, -0.15) is 0 Å². The van der Waals surface area contributed by atoms with Crippen molar-refractivity contribution in [2.24, 2.45) is 0 Å². The van der Waals surface area contributed by atoms with E-state index in [0.717, 1.165) is 17.1 Å². The number of nitrogens with zero attached hydrogens (tertiary/aromatic N) is 1. The fourth-order valence-electron chi connectivity index (χ4n) is 9.61. The Labute approximate surface area is 365 Å².